The van der Waals surface area contributed by atoms with Crippen molar-refractivity contribution in [3.05, 3.63) is 29.3 Å². The zero-order valence-electron chi connectivity index (χ0n) is 17.2. The minimum atomic E-state index is -0.702. The van der Waals surface area contributed by atoms with Crippen LogP contribution in [0.25, 0.3) is 0 Å². The van der Waals surface area contributed by atoms with Crippen molar-refractivity contribution in [2.75, 3.05) is 20.3 Å². The second kappa shape index (κ2) is 11.2. The number of rotatable bonds is 3. The highest BCUT2D eigenvalue weighted by molar-refractivity contribution is 6.06. The molecule has 7 heteroatoms. The van der Waals surface area contributed by atoms with Crippen molar-refractivity contribution in [1.29, 1.82) is 0 Å². The van der Waals surface area contributed by atoms with Gasteiger partial charge in [0.2, 0.25) is 0 Å². The van der Waals surface area contributed by atoms with Crippen molar-refractivity contribution in [3.8, 4) is 17.2 Å². The van der Waals surface area contributed by atoms with Crippen molar-refractivity contribution < 1.29 is 33.3 Å². The van der Waals surface area contributed by atoms with Crippen LogP contribution in [0.5, 0.6) is 17.2 Å². The van der Waals surface area contributed by atoms with Crippen LogP contribution in [-0.4, -0.2) is 38.0 Å². The molecule has 0 amide bonds. The number of ether oxygens (including phenoxy) is 4. The Bertz CT molecular complexity index is 780. The molecule has 0 radical (unpaired) electrons. The maximum atomic E-state index is 12.9. The first-order chi connectivity index (χ1) is 14.0. The Morgan fingerprint density at radius 3 is 2.10 bits per heavy atom. The van der Waals surface area contributed by atoms with E-state index in [0.717, 1.165) is 32.1 Å². The van der Waals surface area contributed by atoms with Crippen molar-refractivity contribution in [1.82, 2.24) is 0 Å². The van der Waals surface area contributed by atoms with Gasteiger partial charge in [-0.15, -0.1) is 0 Å². The van der Waals surface area contributed by atoms with Crippen LogP contribution < -0.4 is 14.2 Å². The minimum Gasteiger partial charge on any atom is -0.496 e. The highest BCUT2D eigenvalue weighted by atomic mass is 16.6. The summed E-state index contributed by atoms with van der Waals surface area (Å²) in [6.07, 6.45) is 9.37. The average Bonchev–Trinajstić information content (AvgIpc) is 2.67. The molecule has 0 unspecified atom stereocenters. The number of methoxy groups -OCH3 is 1. The average molecular weight is 404 g/mol. The van der Waals surface area contributed by atoms with E-state index in [-0.39, 0.29) is 40.8 Å². The topological polar surface area (TPSA) is 88.1 Å². The van der Waals surface area contributed by atoms with Crippen LogP contribution in [0.4, 0.5) is 0 Å². The number of hydrogen-bond acceptors (Lipinski definition) is 7. The van der Waals surface area contributed by atoms with Gasteiger partial charge in [0.15, 0.2) is 17.3 Å². The minimum absolute atomic E-state index is 0.0310. The van der Waals surface area contributed by atoms with E-state index in [2.05, 4.69) is 12.2 Å². The molecule has 0 atom stereocenters. The van der Waals surface area contributed by atoms with Gasteiger partial charge in [-0.1, -0.05) is 12.2 Å². The zero-order valence-corrected chi connectivity index (χ0v) is 17.2. The molecular weight excluding hydrogens is 376 g/mol. The van der Waals surface area contributed by atoms with Crippen LogP contribution in [0.3, 0.4) is 0 Å². The van der Waals surface area contributed by atoms with Gasteiger partial charge in [0, 0.05) is 13.0 Å². The molecule has 0 saturated heterocycles. The SMILES string of the molecule is COc1cc(OC(C)=O)c2c(c1C(C)=O)OCCCC/C=C\CCCCOC2=O. The molecule has 1 aromatic carbocycles. The number of carbonyl (C=O) groups is 3. The molecule has 1 aromatic rings. The van der Waals surface area contributed by atoms with Crippen molar-refractivity contribution in [2.45, 2.75) is 52.4 Å². The van der Waals surface area contributed by atoms with Crippen LogP contribution in [0.15, 0.2) is 18.2 Å². The maximum absolute atomic E-state index is 12.9. The third-order valence-corrected chi connectivity index (χ3v) is 4.42. The molecule has 1 aliphatic heterocycles. The molecule has 158 valence electrons. The van der Waals surface area contributed by atoms with Gasteiger partial charge in [-0.05, 0) is 45.4 Å². The Kier molecular flexibility index (Phi) is 8.70. The molecule has 1 aliphatic rings. The Labute approximate surface area is 171 Å². The smallest absolute Gasteiger partial charge is 0.345 e. The molecule has 2 rings (SSSR count). The lowest BCUT2D eigenvalue weighted by atomic mass is 10.0. The van der Waals surface area contributed by atoms with Gasteiger partial charge in [0.05, 0.1) is 20.3 Å². The summed E-state index contributed by atoms with van der Waals surface area (Å²) in [5.74, 6) is -1.50. The number of esters is 2. The van der Waals surface area contributed by atoms with Gasteiger partial charge in [-0.3, -0.25) is 9.59 Å². The molecule has 0 saturated carbocycles. The van der Waals surface area contributed by atoms with Gasteiger partial charge < -0.3 is 18.9 Å². The van der Waals surface area contributed by atoms with E-state index in [0.29, 0.717) is 13.0 Å². The first kappa shape index (κ1) is 22.5. The van der Waals surface area contributed by atoms with E-state index >= 15 is 0 Å². The first-order valence-corrected chi connectivity index (χ1v) is 9.85. The maximum Gasteiger partial charge on any atom is 0.345 e. The summed E-state index contributed by atoms with van der Waals surface area (Å²) in [6.45, 7) is 3.09. The summed E-state index contributed by atoms with van der Waals surface area (Å²) in [5.41, 5.74) is 0.0544. The lowest BCUT2D eigenvalue weighted by Gasteiger charge is -2.19. The molecular formula is C22H28O7. The van der Waals surface area contributed by atoms with Gasteiger partial charge in [0.25, 0.3) is 0 Å². The van der Waals surface area contributed by atoms with Gasteiger partial charge in [0.1, 0.15) is 16.9 Å². The van der Waals surface area contributed by atoms with E-state index in [1.54, 1.807) is 0 Å². The summed E-state index contributed by atoms with van der Waals surface area (Å²) in [4.78, 5) is 36.8. The Morgan fingerprint density at radius 2 is 1.55 bits per heavy atom. The summed E-state index contributed by atoms with van der Waals surface area (Å²) < 4.78 is 21.8. The summed E-state index contributed by atoms with van der Waals surface area (Å²) in [5, 5.41) is 0. The second-order valence-electron chi connectivity index (χ2n) is 6.75. The number of ketones is 1. The van der Waals surface area contributed by atoms with Crippen molar-refractivity contribution in [2.24, 2.45) is 0 Å². The van der Waals surface area contributed by atoms with Crippen LogP contribution in [0, 0.1) is 0 Å². The first-order valence-electron chi connectivity index (χ1n) is 9.85. The zero-order chi connectivity index (χ0) is 21.2. The fraction of sp³-hybridized carbons (Fsp3) is 0.500. The molecule has 0 N–H and O–H groups in total. The van der Waals surface area contributed by atoms with E-state index in [9.17, 15) is 14.4 Å². The fourth-order valence-electron chi connectivity index (χ4n) is 3.05. The Morgan fingerprint density at radius 1 is 0.931 bits per heavy atom. The fourth-order valence-corrected chi connectivity index (χ4v) is 3.05. The van der Waals surface area contributed by atoms with Crippen LogP contribution >= 0.6 is 0 Å². The Balaban J connectivity index is 2.54. The summed E-state index contributed by atoms with van der Waals surface area (Å²) in [6, 6.07) is 1.35. The van der Waals surface area contributed by atoms with Gasteiger partial charge in [-0.25, -0.2) is 4.79 Å². The molecule has 0 spiro atoms. The standard InChI is InChI=1S/C22H28O7/c1-15(23)19-17(26-3)14-18(29-16(2)24)20-21(19)27-12-10-8-6-4-5-7-9-11-13-28-22(20)25/h4-5,14H,6-13H2,1-3H3/b5-4-. The van der Waals surface area contributed by atoms with E-state index in [1.807, 2.05) is 0 Å². The van der Waals surface area contributed by atoms with Gasteiger partial charge >= 0.3 is 11.9 Å². The third kappa shape index (κ3) is 6.34. The lowest BCUT2D eigenvalue weighted by Crippen LogP contribution is -2.16. The predicted octanol–water partition coefficient (Wildman–Crippen LogP) is 4.27. The van der Waals surface area contributed by atoms with E-state index in [4.69, 9.17) is 18.9 Å². The van der Waals surface area contributed by atoms with Crippen LogP contribution in [0.2, 0.25) is 0 Å². The summed E-state index contributed by atoms with van der Waals surface area (Å²) >= 11 is 0. The molecule has 29 heavy (non-hydrogen) atoms. The molecule has 7 nitrogen and oxygen atoms in total. The van der Waals surface area contributed by atoms with Crippen molar-refractivity contribution in [3.63, 3.8) is 0 Å². The molecule has 0 bridgehead atoms. The summed E-state index contributed by atoms with van der Waals surface area (Å²) in [7, 11) is 1.39. The predicted molar refractivity (Wildman–Crippen MR) is 107 cm³/mol. The normalized spacial score (nSPS) is 16.9. The van der Waals surface area contributed by atoms with Crippen LogP contribution in [-0.2, 0) is 9.53 Å². The number of fused-ring (bicyclic) bond motifs is 1. The molecule has 0 aliphatic carbocycles. The third-order valence-electron chi connectivity index (χ3n) is 4.42. The molecule has 1 heterocycles. The number of carbonyl (C=O) groups excluding carboxylic acids is 3. The quantitative estimate of drug-likeness (QED) is 0.322. The largest absolute Gasteiger partial charge is 0.496 e. The van der Waals surface area contributed by atoms with Crippen LogP contribution in [0.1, 0.15) is 73.1 Å². The van der Waals surface area contributed by atoms with E-state index in [1.165, 1.54) is 27.0 Å². The molecule has 0 fully saturated rings. The number of cyclic esters (lactones) is 1. The van der Waals surface area contributed by atoms with Gasteiger partial charge in [-0.2, -0.15) is 0 Å². The number of allylic oxidation sites excluding steroid dienone is 2. The number of Topliss-reactive ketones (excluding diaryl/α,β-unsaturated/α-hetero) is 1. The highest BCUT2D eigenvalue weighted by Gasteiger charge is 2.30. The highest BCUT2D eigenvalue weighted by Crippen LogP contribution is 2.40. The molecule has 0 aromatic heterocycles. The second-order valence-corrected chi connectivity index (χ2v) is 6.75. The number of benzene rings is 1. The van der Waals surface area contributed by atoms with E-state index < -0.39 is 11.9 Å². The number of hydrogen-bond donors (Lipinski definition) is 0. The Hall–Kier alpha value is -2.83. The lowest BCUT2D eigenvalue weighted by molar-refractivity contribution is -0.131. The monoisotopic (exact) mass is 404 g/mol. The van der Waals surface area contributed by atoms with Crippen molar-refractivity contribution >= 4 is 17.7 Å².